The van der Waals surface area contributed by atoms with E-state index in [4.69, 9.17) is 10.3 Å². The molecule has 0 spiro atoms. The molecule has 0 unspecified atom stereocenters. The number of hydrogen-bond acceptors (Lipinski definition) is 5. The molecule has 0 saturated carbocycles. The van der Waals surface area contributed by atoms with Crippen molar-refractivity contribution in [1.29, 1.82) is 0 Å². The van der Waals surface area contributed by atoms with Gasteiger partial charge >= 0.3 is 0 Å². The molecule has 2 aromatic carbocycles. The molecule has 0 bridgehead atoms. The topological polar surface area (TPSA) is 105 Å². The highest BCUT2D eigenvalue weighted by atomic mass is 32.2. The molecular formula is C13H13N3O3S. The van der Waals surface area contributed by atoms with E-state index in [9.17, 15) is 8.42 Å². The van der Waals surface area contributed by atoms with Crippen molar-refractivity contribution in [3.05, 3.63) is 48.0 Å². The zero-order chi connectivity index (χ0) is 14.8. The van der Waals surface area contributed by atoms with E-state index in [1.807, 2.05) is 0 Å². The van der Waals surface area contributed by atoms with Crippen LogP contribution in [0.2, 0.25) is 0 Å². The predicted molar refractivity (Wildman–Crippen MR) is 76.0 cm³/mol. The summed E-state index contributed by atoms with van der Waals surface area (Å²) in [5.74, 6) is 0. The van der Waals surface area contributed by atoms with Crippen LogP contribution >= 0.6 is 0 Å². The van der Waals surface area contributed by atoms with Crippen molar-refractivity contribution < 1.29 is 13.0 Å². The first-order chi connectivity index (χ1) is 9.36. The Labute approximate surface area is 116 Å². The van der Waals surface area contributed by atoms with Gasteiger partial charge in [0.2, 0.25) is 0 Å². The maximum atomic E-state index is 11.0. The van der Waals surface area contributed by atoms with Crippen molar-refractivity contribution in [3.8, 4) is 0 Å². The van der Waals surface area contributed by atoms with Crippen molar-refractivity contribution in [2.24, 2.45) is 10.2 Å². The molecule has 0 aliphatic rings. The summed E-state index contributed by atoms with van der Waals surface area (Å²) in [5, 5.41) is 8.06. The summed E-state index contributed by atoms with van der Waals surface area (Å²) >= 11 is 0. The molecule has 2 aromatic rings. The summed E-state index contributed by atoms with van der Waals surface area (Å²) in [4.78, 5) is -0.165. The van der Waals surface area contributed by atoms with E-state index < -0.39 is 10.1 Å². The molecule has 7 heteroatoms. The van der Waals surface area contributed by atoms with E-state index in [1.54, 1.807) is 31.2 Å². The van der Waals surface area contributed by atoms with Crippen LogP contribution in [0.15, 0.2) is 57.6 Å². The second kappa shape index (κ2) is 5.40. The Balaban J connectivity index is 2.28. The lowest BCUT2D eigenvalue weighted by atomic mass is 10.2. The Morgan fingerprint density at radius 1 is 1.05 bits per heavy atom. The zero-order valence-corrected chi connectivity index (χ0v) is 11.5. The minimum atomic E-state index is -4.20. The lowest BCUT2D eigenvalue weighted by molar-refractivity contribution is 0.483. The molecule has 2 rings (SSSR count). The van der Waals surface area contributed by atoms with Crippen LogP contribution in [0.4, 0.5) is 17.1 Å². The van der Waals surface area contributed by atoms with Crippen molar-refractivity contribution in [3.63, 3.8) is 0 Å². The number of azo groups is 1. The molecular weight excluding hydrogens is 278 g/mol. The maximum absolute atomic E-state index is 11.0. The molecule has 104 valence electrons. The maximum Gasteiger partial charge on any atom is 0.294 e. The van der Waals surface area contributed by atoms with Gasteiger partial charge in [-0.3, -0.25) is 4.55 Å². The van der Waals surface area contributed by atoms with Gasteiger partial charge in [0, 0.05) is 5.69 Å². The fourth-order valence-electron chi connectivity index (χ4n) is 1.55. The third kappa shape index (κ3) is 3.40. The van der Waals surface area contributed by atoms with Gasteiger partial charge in [0.1, 0.15) is 0 Å². The Bertz CT molecular complexity index is 753. The quantitative estimate of drug-likeness (QED) is 0.514. The highest BCUT2D eigenvalue weighted by Gasteiger charge is 2.10. The molecule has 0 amide bonds. The largest absolute Gasteiger partial charge is 0.399 e. The summed E-state index contributed by atoms with van der Waals surface area (Å²) in [6.45, 7) is 1.69. The summed E-state index contributed by atoms with van der Waals surface area (Å²) in [7, 11) is -4.20. The molecule has 0 atom stereocenters. The van der Waals surface area contributed by atoms with Gasteiger partial charge in [0.15, 0.2) is 0 Å². The first kappa shape index (κ1) is 14.2. The van der Waals surface area contributed by atoms with Crippen LogP contribution in [0, 0.1) is 6.92 Å². The second-order valence-corrected chi connectivity index (χ2v) is 5.64. The number of nitrogens with zero attached hydrogens (tertiary/aromatic N) is 2. The molecule has 6 nitrogen and oxygen atoms in total. The lowest BCUT2D eigenvalue weighted by Gasteiger charge is -2.02. The summed E-state index contributed by atoms with van der Waals surface area (Å²) in [5.41, 5.74) is 7.95. The van der Waals surface area contributed by atoms with E-state index in [1.165, 1.54) is 18.2 Å². The average molecular weight is 291 g/mol. The number of aryl methyl sites for hydroxylation is 1. The van der Waals surface area contributed by atoms with Gasteiger partial charge in [-0.15, -0.1) is 0 Å². The number of hydrogen-bond donors (Lipinski definition) is 2. The first-order valence-corrected chi connectivity index (χ1v) is 7.16. The van der Waals surface area contributed by atoms with Gasteiger partial charge in [0.25, 0.3) is 10.1 Å². The minimum absolute atomic E-state index is 0.165. The number of benzene rings is 2. The SMILES string of the molecule is Cc1cc(S(=O)(=O)O)ccc1N=Nc1ccc(N)cc1. The van der Waals surface area contributed by atoms with E-state index in [0.717, 1.165) is 0 Å². The van der Waals surface area contributed by atoms with Gasteiger partial charge in [-0.05, 0) is 55.0 Å². The highest BCUT2D eigenvalue weighted by molar-refractivity contribution is 7.85. The minimum Gasteiger partial charge on any atom is -0.399 e. The van der Waals surface area contributed by atoms with Crippen molar-refractivity contribution in [1.82, 2.24) is 0 Å². The van der Waals surface area contributed by atoms with Gasteiger partial charge in [0.05, 0.1) is 16.3 Å². The smallest absolute Gasteiger partial charge is 0.294 e. The Morgan fingerprint density at radius 3 is 2.25 bits per heavy atom. The number of nitrogens with two attached hydrogens (primary N) is 1. The Kier molecular flexibility index (Phi) is 3.82. The third-order valence-corrected chi connectivity index (χ3v) is 3.48. The van der Waals surface area contributed by atoms with Crippen molar-refractivity contribution in [2.45, 2.75) is 11.8 Å². The van der Waals surface area contributed by atoms with Crippen LogP contribution in [0.5, 0.6) is 0 Å². The molecule has 20 heavy (non-hydrogen) atoms. The Hall–Kier alpha value is -2.25. The van der Waals surface area contributed by atoms with Gasteiger partial charge in [-0.1, -0.05) is 0 Å². The molecule has 0 saturated heterocycles. The molecule has 0 aliphatic heterocycles. The monoisotopic (exact) mass is 291 g/mol. The number of nitrogen functional groups attached to an aromatic ring is 1. The van der Waals surface area contributed by atoms with Crippen molar-refractivity contribution in [2.75, 3.05) is 5.73 Å². The van der Waals surface area contributed by atoms with Crippen LogP contribution in [0.1, 0.15) is 5.56 Å². The molecule has 0 aromatic heterocycles. The fraction of sp³-hybridized carbons (Fsp3) is 0.0769. The summed E-state index contributed by atoms with van der Waals surface area (Å²) < 4.78 is 30.9. The number of anilines is 1. The van der Waals surface area contributed by atoms with Gasteiger partial charge in [-0.25, -0.2) is 0 Å². The van der Waals surface area contributed by atoms with E-state index >= 15 is 0 Å². The average Bonchev–Trinajstić information content (AvgIpc) is 2.38. The number of rotatable bonds is 3. The molecule has 3 N–H and O–H groups in total. The van der Waals surface area contributed by atoms with Crippen LogP contribution in [-0.2, 0) is 10.1 Å². The fourth-order valence-corrected chi connectivity index (χ4v) is 2.12. The normalized spacial score (nSPS) is 11.9. The van der Waals surface area contributed by atoms with E-state index in [2.05, 4.69) is 10.2 Å². The highest BCUT2D eigenvalue weighted by Crippen LogP contribution is 2.24. The predicted octanol–water partition coefficient (Wildman–Crippen LogP) is 3.24. The van der Waals surface area contributed by atoms with Crippen LogP contribution < -0.4 is 5.73 Å². The molecule has 0 fully saturated rings. The van der Waals surface area contributed by atoms with Crippen molar-refractivity contribution >= 4 is 27.2 Å². The van der Waals surface area contributed by atoms with Crippen LogP contribution in [0.3, 0.4) is 0 Å². The lowest BCUT2D eigenvalue weighted by Crippen LogP contribution is -1.97. The van der Waals surface area contributed by atoms with Gasteiger partial charge < -0.3 is 5.73 Å². The summed E-state index contributed by atoms with van der Waals surface area (Å²) in [6.07, 6.45) is 0. The molecule has 0 radical (unpaired) electrons. The standard InChI is InChI=1S/C13H13N3O3S/c1-9-8-12(20(17,18)19)6-7-13(9)16-15-11-4-2-10(14)3-5-11/h2-8H,14H2,1H3,(H,17,18,19). The molecule has 0 aliphatic carbocycles. The van der Waals surface area contributed by atoms with E-state index in [0.29, 0.717) is 22.6 Å². The van der Waals surface area contributed by atoms with Crippen LogP contribution in [-0.4, -0.2) is 13.0 Å². The van der Waals surface area contributed by atoms with Gasteiger partial charge in [-0.2, -0.15) is 18.6 Å². The summed E-state index contributed by atoms with van der Waals surface area (Å²) in [6, 6.07) is 11.0. The molecule has 0 heterocycles. The second-order valence-electron chi connectivity index (χ2n) is 4.21. The first-order valence-electron chi connectivity index (χ1n) is 5.72. The Morgan fingerprint density at radius 2 is 1.70 bits per heavy atom. The van der Waals surface area contributed by atoms with E-state index in [-0.39, 0.29) is 4.90 Å². The van der Waals surface area contributed by atoms with Crippen LogP contribution in [0.25, 0.3) is 0 Å². The third-order valence-electron chi connectivity index (χ3n) is 2.63. The zero-order valence-electron chi connectivity index (χ0n) is 10.7.